The number of ether oxygens (including phenoxy) is 1. The molecule has 5 nitrogen and oxygen atoms in total. The molecule has 0 spiro atoms. The first-order valence-electron chi connectivity index (χ1n) is 7.11. The first-order chi connectivity index (χ1) is 9.84. The number of hydrogen-bond acceptors (Lipinski definition) is 3. The number of amides is 1. The summed E-state index contributed by atoms with van der Waals surface area (Å²) < 4.78 is 5.72. The summed E-state index contributed by atoms with van der Waals surface area (Å²) in [4.78, 5) is 23.5. The predicted octanol–water partition coefficient (Wildman–Crippen LogP) is 2.52. The molecule has 0 saturated carbocycles. The van der Waals surface area contributed by atoms with E-state index < -0.39 is 23.5 Å². The Morgan fingerprint density at radius 2 is 1.95 bits per heavy atom. The average Bonchev–Trinajstić information content (AvgIpc) is 2.45. The van der Waals surface area contributed by atoms with Crippen LogP contribution in [0.3, 0.4) is 0 Å². The summed E-state index contributed by atoms with van der Waals surface area (Å²) in [5.74, 6) is -0.829. The molecule has 0 aliphatic rings. The quantitative estimate of drug-likeness (QED) is 0.810. The molecule has 2 N–H and O–H groups in total. The molecule has 0 radical (unpaired) electrons. The number of hydrogen-bond donors (Lipinski definition) is 2. The van der Waals surface area contributed by atoms with Gasteiger partial charge in [-0.25, -0.2) is 4.79 Å². The topological polar surface area (TPSA) is 75.6 Å². The van der Waals surface area contributed by atoms with E-state index in [2.05, 4.69) is 5.32 Å². The fraction of sp³-hybridized carbons (Fsp3) is 0.500. The van der Waals surface area contributed by atoms with Crippen LogP contribution >= 0.6 is 0 Å². The molecule has 1 aromatic rings. The van der Waals surface area contributed by atoms with Crippen LogP contribution in [0, 0.1) is 6.92 Å². The fourth-order valence-corrected chi connectivity index (χ4v) is 1.81. The van der Waals surface area contributed by atoms with Gasteiger partial charge in [-0.15, -0.1) is 0 Å². The first kappa shape index (κ1) is 17.0. The molecule has 0 fully saturated rings. The van der Waals surface area contributed by atoms with Crippen LogP contribution in [0.4, 0.5) is 0 Å². The minimum absolute atomic E-state index is 0.300. The number of rotatable bonds is 7. The molecule has 116 valence electrons. The van der Waals surface area contributed by atoms with Crippen LogP contribution in [0.5, 0.6) is 5.75 Å². The number of nitrogens with one attached hydrogen (secondary N) is 1. The van der Waals surface area contributed by atoms with Crippen LogP contribution in [-0.4, -0.2) is 28.6 Å². The van der Waals surface area contributed by atoms with Crippen molar-refractivity contribution in [2.45, 2.75) is 52.2 Å². The Balaban J connectivity index is 2.83. The van der Waals surface area contributed by atoms with E-state index in [0.29, 0.717) is 18.6 Å². The molecule has 0 aliphatic heterocycles. The maximum absolute atomic E-state index is 12.3. The zero-order valence-corrected chi connectivity index (χ0v) is 13.0. The molecular formula is C16H23NO4. The predicted molar refractivity (Wildman–Crippen MR) is 80.4 cm³/mol. The van der Waals surface area contributed by atoms with Gasteiger partial charge in [-0.2, -0.15) is 0 Å². The van der Waals surface area contributed by atoms with Crippen LogP contribution in [0.1, 0.15) is 39.2 Å². The molecule has 21 heavy (non-hydrogen) atoms. The monoisotopic (exact) mass is 293 g/mol. The van der Waals surface area contributed by atoms with E-state index in [1.807, 2.05) is 32.0 Å². The molecule has 5 heteroatoms. The van der Waals surface area contributed by atoms with Gasteiger partial charge >= 0.3 is 5.97 Å². The zero-order valence-electron chi connectivity index (χ0n) is 13.0. The van der Waals surface area contributed by atoms with Crippen LogP contribution in [-0.2, 0) is 9.59 Å². The third-order valence-corrected chi connectivity index (χ3v) is 3.60. The standard InChI is InChI=1S/C16H23NO4/c1-5-12(21-13-10-8-7-9-11(13)3)14(18)17-16(4,6-2)15(19)20/h7-10,12H,5-6H2,1-4H3,(H,17,18)(H,19,20). The second-order valence-electron chi connectivity index (χ2n) is 5.26. The van der Waals surface area contributed by atoms with Gasteiger partial charge < -0.3 is 15.2 Å². The fourth-order valence-electron chi connectivity index (χ4n) is 1.81. The lowest BCUT2D eigenvalue weighted by atomic mass is 9.98. The molecule has 0 aliphatic carbocycles. The maximum Gasteiger partial charge on any atom is 0.329 e. The van der Waals surface area contributed by atoms with Gasteiger partial charge in [0.15, 0.2) is 6.10 Å². The number of para-hydroxylation sites is 1. The Morgan fingerprint density at radius 3 is 2.43 bits per heavy atom. The summed E-state index contributed by atoms with van der Waals surface area (Å²) in [6, 6.07) is 7.41. The third-order valence-electron chi connectivity index (χ3n) is 3.60. The van der Waals surface area contributed by atoms with E-state index >= 15 is 0 Å². The van der Waals surface area contributed by atoms with Gasteiger partial charge in [0.1, 0.15) is 11.3 Å². The highest BCUT2D eigenvalue weighted by Gasteiger charge is 2.35. The van der Waals surface area contributed by atoms with Gasteiger partial charge in [0, 0.05) is 0 Å². The van der Waals surface area contributed by atoms with Gasteiger partial charge in [0.05, 0.1) is 0 Å². The van der Waals surface area contributed by atoms with Crippen molar-refractivity contribution in [1.82, 2.24) is 5.32 Å². The van der Waals surface area contributed by atoms with Crippen LogP contribution in [0.15, 0.2) is 24.3 Å². The molecule has 2 atom stereocenters. The minimum atomic E-state index is -1.28. The minimum Gasteiger partial charge on any atom is -0.480 e. The van der Waals surface area contributed by atoms with Crippen molar-refractivity contribution in [3.63, 3.8) is 0 Å². The number of aliphatic carboxylic acids is 1. The average molecular weight is 293 g/mol. The Bertz CT molecular complexity index is 515. The molecule has 0 aromatic heterocycles. The molecule has 1 rings (SSSR count). The van der Waals surface area contributed by atoms with Gasteiger partial charge in [-0.1, -0.05) is 32.0 Å². The van der Waals surface area contributed by atoms with E-state index in [4.69, 9.17) is 4.74 Å². The number of carbonyl (C=O) groups excluding carboxylic acids is 1. The molecule has 0 saturated heterocycles. The Morgan fingerprint density at radius 1 is 1.33 bits per heavy atom. The highest BCUT2D eigenvalue weighted by atomic mass is 16.5. The summed E-state index contributed by atoms with van der Waals surface area (Å²) in [6.07, 6.45) is 0.0467. The lowest BCUT2D eigenvalue weighted by Gasteiger charge is -2.27. The lowest BCUT2D eigenvalue weighted by molar-refractivity contribution is -0.148. The molecule has 0 heterocycles. The van der Waals surface area contributed by atoms with E-state index in [9.17, 15) is 14.7 Å². The van der Waals surface area contributed by atoms with Crippen molar-refractivity contribution in [3.05, 3.63) is 29.8 Å². The summed E-state index contributed by atoms with van der Waals surface area (Å²) in [5, 5.41) is 11.8. The maximum atomic E-state index is 12.3. The smallest absolute Gasteiger partial charge is 0.329 e. The van der Waals surface area contributed by atoms with Crippen molar-refractivity contribution >= 4 is 11.9 Å². The number of carboxylic acids is 1. The van der Waals surface area contributed by atoms with Crippen LogP contribution < -0.4 is 10.1 Å². The molecule has 0 bridgehead atoms. The highest BCUT2D eigenvalue weighted by Crippen LogP contribution is 2.19. The van der Waals surface area contributed by atoms with Crippen molar-refractivity contribution < 1.29 is 19.4 Å². The Hall–Kier alpha value is -2.04. The summed E-state index contributed by atoms with van der Waals surface area (Å²) in [6.45, 7) is 6.94. The summed E-state index contributed by atoms with van der Waals surface area (Å²) in [5.41, 5.74) is -0.347. The first-order valence-corrected chi connectivity index (χ1v) is 7.11. The van der Waals surface area contributed by atoms with Gasteiger partial charge in [0.2, 0.25) is 0 Å². The molecule has 1 amide bonds. The lowest BCUT2D eigenvalue weighted by Crippen LogP contribution is -2.55. The summed E-state index contributed by atoms with van der Waals surface area (Å²) >= 11 is 0. The summed E-state index contributed by atoms with van der Waals surface area (Å²) in [7, 11) is 0. The largest absolute Gasteiger partial charge is 0.480 e. The van der Waals surface area contributed by atoms with E-state index in [1.165, 1.54) is 6.92 Å². The normalized spacial score (nSPS) is 14.9. The molecule has 1 aromatic carbocycles. The highest BCUT2D eigenvalue weighted by molar-refractivity contribution is 5.88. The van der Waals surface area contributed by atoms with Gasteiger partial charge in [-0.3, -0.25) is 4.79 Å². The number of aryl methyl sites for hydroxylation is 1. The van der Waals surface area contributed by atoms with E-state index in [-0.39, 0.29) is 0 Å². The Kier molecular flexibility index (Phi) is 5.76. The van der Waals surface area contributed by atoms with Crippen molar-refractivity contribution in [3.8, 4) is 5.75 Å². The zero-order chi connectivity index (χ0) is 16.0. The van der Waals surface area contributed by atoms with Crippen molar-refractivity contribution in [2.75, 3.05) is 0 Å². The van der Waals surface area contributed by atoms with Gasteiger partial charge in [0.25, 0.3) is 5.91 Å². The number of carboxylic acid groups (broad SMARTS) is 1. The SMILES string of the molecule is CCC(Oc1ccccc1C)C(=O)NC(C)(CC)C(=O)O. The Labute approximate surface area is 125 Å². The van der Waals surface area contributed by atoms with Crippen molar-refractivity contribution in [1.29, 1.82) is 0 Å². The van der Waals surface area contributed by atoms with E-state index in [0.717, 1.165) is 5.56 Å². The second kappa shape index (κ2) is 7.11. The molecule has 2 unspecified atom stereocenters. The van der Waals surface area contributed by atoms with Crippen LogP contribution in [0.2, 0.25) is 0 Å². The van der Waals surface area contributed by atoms with Crippen LogP contribution in [0.25, 0.3) is 0 Å². The van der Waals surface area contributed by atoms with Gasteiger partial charge in [-0.05, 0) is 38.3 Å². The number of benzene rings is 1. The van der Waals surface area contributed by atoms with Crippen molar-refractivity contribution in [2.24, 2.45) is 0 Å². The second-order valence-corrected chi connectivity index (χ2v) is 5.26. The molecular weight excluding hydrogens is 270 g/mol. The number of carbonyl (C=O) groups is 2. The third kappa shape index (κ3) is 4.21. The van der Waals surface area contributed by atoms with E-state index in [1.54, 1.807) is 13.0 Å².